The molecule has 2 rings (SSSR count). The zero-order valence-electron chi connectivity index (χ0n) is 19.0. The standard InChI is InChI=1S/C25H36N2O/c1-10-17-12-11-13-19(16(2)3)22(17)27-26-21-15-18(24(4,5)6)14-20(23(21)28)25(7,8)9/h11-16,28H,10H2,1-9H3. The summed E-state index contributed by atoms with van der Waals surface area (Å²) >= 11 is 0. The molecule has 0 saturated heterocycles. The van der Waals surface area contributed by atoms with E-state index < -0.39 is 0 Å². The zero-order valence-corrected chi connectivity index (χ0v) is 19.0. The van der Waals surface area contributed by atoms with Crippen LogP contribution in [0.4, 0.5) is 11.4 Å². The maximum atomic E-state index is 10.9. The third-order valence-electron chi connectivity index (χ3n) is 5.18. The molecule has 2 aromatic rings. The molecule has 2 aromatic carbocycles. The minimum Gasteiger partial charge on any atom is -0.505 e. The van der Waals surface area contributed by atoms with Gasteiger partial charge in [-0.2, -0.15) is 0 Å². The van der Waals surface area contributed by atoms with Crippen molar-refractivity contribution in [2.75, 3.05) is 0 Å². The van der Waals surface area contributed by atoms with Gasteiger partial charge >= 0.3 is 0 Å². The molecule has 0 aromatic heterocycles. The van der Waals surface area contributed by atoms with E-state index in [4.69, 9.17) is 0 Å². The van der Waals surface area contributed by atoms with Crippen molar-refractivity contribution < 1.29 is 5.11 Å². The summed E-state index contributed by atoms with van der Waals surface area (Å²) in [4.78, 5) is 0. The third-order valence-corrected chi connectivity index (χ3v) is 5.18. The van der Waals surface area contributed by atoms with Gasteiger partial charge in [0.2, 0.25) is 0 Å². The molecule has 0 radical (unpaired) electrons. The molecule has 0 fully saturated rings. The fourth-order valence-electron chi connectivity index (χ4n) is 3.29. The van der Waals surface area contributed by atoms with E-state index in [2.05, 4.69) is 96.8 Å². The number of azo groups is 1. The van der Waals surface area contributed by atoms with Crippen LogP contribution in [0, 0.1) is 0 Å². The van der Waals surface area contributed by atoms with E-state index >= 15 is 0 Å². The van der Waals surface area contributed by atoms with Crippen LogP contribution in [0.25, 0.3) is 0 Å². The van der Waals surface area contributed by atoms with Gasteiger partial charge in [0.1, 0.15) is 11.4 Å². The van der Waals surface area contributed by atoms with E-state index in [0.717, 1.165) is 23.2 Å². The van der Waals surface area contributed by atoms with Crippen LogP contribution < -0.4 is 0 Å². The Labute approximate surface area is 170 Å². The Kier molecular flexibility index (Phi) is 6.37. The number of rotatable bonds is 4. The molecule has 0 unspecified atom stereocenters. The lowest BCUT2D eigenvalue weighted by Gasteiger charge is -2.26. The van der Waals surface area contributed by atoms with Crippen molar-refractivity contribution in [1.82, 2.24) is 0 Å². The molecule has 0 spiro atoms. The van der Waals surface area contributed by atoms with E-state index in [0.29, 0.717) is 11.6 Å². The number of hydrogen-bond donors (Lipinski definition) is 1. The molecule has 0 aliphatic heterocycles. The quantitative estimate of drug-likeness (QED) is 0.535. The van der Waals surface area contributed by atoms with Crippen LogP contribution in [0.3, 0.4) is 0 Å². The van der Waals surface area contributed by atoms with Crippen molar-refractivity contribution in [1.29, 1.82) is 0 Å². The predicted octanol–water partition coefficient (Wildman–Crippen LogP) is 8.09. The first-order valence-electron chi connectivity index (χ1n) is 10.3. The molecular weight excluding hydrogens is 344 g/mol. The summed E-state index contributed by atoms with van der Waals surface area (Å²) in [6.45, 7) is 19.3. The van der Waals surface area contributed by atoms with Crippen molar-refractivity contribution in [3.8, 4) is 5.75 Å². The molecule has 0 aliphatic rings. The molecule has 152 valence electrons. The smallest absolute Gasteiger partial charge is 0.146 e. The topological polar surface area (TPSA) is 45.0 Å². The Morgan fingerprint density at radius 1 is 0.929 bits per heavy atom. The van der Waals surface area contributed by atoms with Crippen molar-refractivity contribution >= 4 is 11.4 Å². The molecule has 3 heteroatoms. The van der Waals surface area contributed by atoms with Crippen LogP contribution in [-0.4, -0.2) is 5.11 Å². The highest BCUT2D eigenvalue weighted by Gasteiger charge is 2.25. The Hall–Kier alpha value is -2.16. The highest BCUT2D eigenvalue weighted by atomic mass is 16.3. The monoisotopic (exact) mass is 380 g/mol. The first-order valence-corrected chi connectivity index (χ1v) is 10.3. The zero-order chi connectivity index (χ0) is 21.3. The van der Waals surface area contributed by atoms with Gasteiger partial charge in [-0.3, -0.25) is 0 Å². The maximum absolute atomic E-state index is 10.9. The van der Waals surface area contributed by atoms with Crippen molar-refractivity contribution in [2.45, 2.75) is 85.5 Å². The summed E-state index contributed by atoms with van der Waals surface area (Å²) in [5, 5.41) is 20.1. The maximum Gasteiger partial charge on any atom is 0.146 e. The molecule has 0 atom stereocenters. The number of hydrogen-bond acceptors (Lipinski definition) is 3. The number of benzene rings is 2. The van der Waals surface area contributed by atoms with E-state index in [1.807, 2.05) is 6.07 Å². The fraction of sp³-hybridized carbons (Fsp3) is 0.520. The fourth-order valence-corrected chi connectivity index (χ4v) is 3.29. The minimum atomic E-state index is -0.181. The lowest BCUT2D eigenvalue weighted by molar-refractivity contribution is 0.446. The summed E-state index contributed by atoms with van der Waals surface area (Å²) in [5.74, 6) is 0.587. The lowest BCUT2D eigenvalue weighted by Crippen LogP contribution is -2.16. The third kappa shape index (κ3) is 4.81. The SMILES string of the molecule is CCc1cccc(C(C)C)c1N=Nc1cc(C(C)(C)C)cc(C(C)(C)C)c1O. The summed E-state index contributed by atoms with van der Waals surface area (Å²) in [6.07, 6.45) is 0.899. The summed E-state index contributed by atoms with van der Waals surface area (Å²) in [5.41, 5.74) is 5.67. The average Bonchev–Trinajstić information content (AvgIpc) is 2.58. The minimum absolute atomic E-state index is 0.0393. The first kappa shape index (κ1) is 22.1. The van der Waals surface area contributed by atoms with E-state index in [1.54, 1.807) is 0 Å². The van der Waals surface area contributed by atoms with Crippen LogP contribution >= 0.6 is 0 Å². The second-order valence-corrected chi connectivity index (χ2v) is 9.95. The van der Waals surface area contributed by atoms with Gasteiger partial charge in [-0.15, -0.1) is 10.2 Å². The lowest BCUT2D eigenvalue weighted by atomic mass is 9.80. The van der Waals surface area contributed by atoms with E-state index in [1.165, 1.54) is 11.1 Å². The second kappa shape index (κ2) is 8.06. The molecule has 0 amide bonds. The van der Waals surface area contributed by atoms with Crippen LogP contribution in [0.15, 0.2) is 40.6 Å². The first-order chi connectivity index (χ1) is 12.9. The summed E-state index contributed by atoms with van der Waals surface area (Å²) < 4.78 is 0. The van der Waals surface area contributed by atoms with Crippen LogP contribution in [-0.2, 0) is 17.3 Å². The number of phenols is 1. The molecule has 0 heterocycles. The molecule has 0 aliphatic carbocycles. The number of nitrogens with zero attached hydrogens (tertiary/aromatic N) is 2. The largest absolute Gasteiger partial charge is 0.505 e. The number of aromatic hydroxyl groups is 1. The molecule has 1 N–H and O–H groups in total. The Balaban J connectivity index is 2.67. The van der Waals surface area contributed by atoms with Crippen LogP contribution in [0.2, 0.25) is 0 Å². The normalized spacial score (nSPS) is 12.9. The highest BCUT2D eigenvalue weighted by Crippen LogP contribution is 2.42. The summed E-state index contributed by atoms with van der Waals surface area (Å²) in [6, 6.07) is 10.4. The second-order valence-electron chi connectivity index (χ2n) is 9.95. The average molecular weight is 381 g/mol. The van der Waals surface area contributed by atoms with Crippen LogP contribution in [0.5, 0.6) is 5.75 Å². The Morgan fingerprint density at radius 3 is 2.07 bits per heavy atom. The molecule has 0 bridgehead atoms. The molecule has 0 saturated carbocycles. The molecular formula is C25H36N2O. The molecule has 28 heavy (non-hydrogen) atoms. The summed E-state index contributed by atoms with van der Waals surface area (Å²) in [7, 11) is 0. The van der Waals surface area contributed by atoms with Gasteiger partial charge in [0.15, 0.2) is 0 Å². The molecule has 3 nitrogen and oxygen atoms in total. The van der Waals surface area contributed by atoms with Crippen molar-refractivity contribution in [3.05, 3.63) is 52.6 Å². The number of phenolic OH excluding ortho intramolecular Hbond substituents is 1. The van der Waals surface area contributed by atoms with Gasteiger partial charge in [-0.05, 0) is 45.9 Å². The Morgan fingerprint density at radius 2 is 1.57 bits per heavy atom. The van der Waals surface area contributed by atoms with Gasteiger partial charge in [-0.1, -0.05) is 86.6 Å². The van der Waals surface area contributed by atoms with Crippen molar-refractivity contribution in [3.63, 3.8) is 0 Å². The van der Waals surface area contributed by atoms with E-state index in [9.17, 15) is 5.11 Å². The van der Waals surface area contributed by atoms with E-state index in [-0.39, 0.29) is 16.6 Å². The number of aryl methyl sites for hydroxylation is 1. The van der Waals surface area contributed by atoms with Gasteiger partial charge in [0.25, 0.3) is 0 Å². The van der Waals surface area contributed by atoms with Crippen molar-refractivity contribution in [2.24, 2.45) is 10.2 Å². The van der Waals surface area contributed by atoms with Gasteiger partial charge in [0, 0.05) is 5.56 Å². The predicted molar refractivity (Wildman–Crippen MR) is 120 cm³/mol. The highest BCUT2D eigenvalue weighted by molar-refractivity contribution is 5.61. The van der Waals surface area contributed by atoms with Crippen LogP contribution in [0.1, 0.15) is 90.5 Å². The van der Waals surface area contributed by atoms with Gasteiger partial charge < -0.3 is 5.11 Å². The Bertz CT molecular complexity index is 865. The van der Waals surface area contributed by atoms with Gasteiger partial charge in [-0.25, -0.2) is 0 Å². The van der Waals surface area contributed by atoms with Gasteiger partial charge in [0.05, 0.1) is 5.69 Å².